The number of rotatable bonds is 3. The first-order valence-corrected chi connectivity index (χ1v) is 4.53. The number of nitriles is 1. The quantitative estimate of drug-likeness (QED) is 0.767. The van der Waals surface area contributed by atoms with Crippen LogP contribution in [-0.4, -0.2) is 24.0 Å². The van der Waals surface area contributed by atoms with Gasteiger partial charge in [0.15, 0.2) is 0 Å². The molecule has 0 aromatic heterocycles. The SMILES string of the molecule is CN(C(=O)CC(=O)O)c1cccc(C#N)c1. The Kier molecular flexibility index (Phi) is 3.62. The Labute approximate surface area is 92.5 Å². The fraction of sp³-hybridized carbons (Fsp3) is 0.182. The molecule has 0 radical (unpaired) electrons. The summed E-state index contributed by atoms with van der Waals surface area (Å²) in [6.07, 6.45) is -0.562. The van der Waals surface area contributed by atoms with Crippen molar-refractivity contribution in [2.75, 3.05) is 11.9 Å². The second-order valence-electron chi connectivity index (χ2n) is 3.19. The zero-order valence-corrected chi connectivity index (χ0v) is 8.67. The van der Waals surface area contributed by atoms with E-state index in [2.05, 4.69) is 0 Å². The monoisotopic (exact) mass is 218 g/mol. The van der Waals surface area contributed by atoms with Crippen LogP contribution in [0.3, 0.4) is 0 Å². The van der Waals surface area contributed by atoms with E-state index in [0.29, 0.717) is 11.3 Å². The minimum Gasteiger partial charge on any atom is -0.481 e. The van der Waals surface area contributed by atoms with E-state index in [1.165, 1.54) is 18.0 Å². The fourth-order valence-corrected chi connectivity index (χ4v) is 1.18. The van der Waals surface area contributed by atoms with Crippen molar-refractivity contribution in [1.82, 2.24) is 0 Å². The van der Waals surface area contributed by atoms with Gasteiger partial charge in [-0.2, -0.15) is 5.26 Å². The zero-order valence-electron chi connectivity index (χ0n) is 8.67. The van der Waals surface area contributed by atoms with Crippen LogP contribution in [0.1, 0.15) is 12.0 Å². The highest BCUT2D eigenvalue weighted by Crippen LogP contribution is 2.15. The maximum Gasteiger partial charge on any atom is 0.312 e. The first-order chi connectivity index (χ1) is 7.54. The number of hydrogen-bond acceptors (Lipinski definition) is 3. The van der Waals surface area contributed by atoms with Crippen molar-refractivity contribution < 1.29 is 14.7 Å². The lowest BCUT2D eigenvalue weighted by molar-refractivity contribution is -0.140. The number of carbonyl (C=O) groups excluding carboxylic acids is 1. The van der Waals surface area contributed by atoms with Gasteiger partial charge < -0.3 is 10.0 Å². The van der Waals surface area contributed by atoms with Crippen LogP contribution >= 0.6 is 0 Å². The van der Waals surface area contributed by atoms with Crippen LogP contribution in [0.15, 0.2) is 24.3 Å². The molecule has 16 heavy (non-hydrogen) atoms. The smallest absolute Gasteiger partial charge is 0.312 e. The molecule has 0 spiro atoms. The van der Waals surface area contributed by atoms with Crippen LogP contribution in [-0.2, 0) is 9.59 Å². The summed E-state index contributed by atoms with van der Waals surface area (Å²) in [6, 6.07) is 8.36. The van der Waals surface area contributed by atoms with Crippen LogP contribution in [0.4, 0.5) is 5.69 Å². The third-order valence-corrected chi connectivity index (χ3v) is 2.04. The molecule has 0 saturated heterocycles. The summed E-state index contributed by atoms with van der Waals surface area (Å²) >= 11 is 0. The van der Waals surface area contributed by atoms with Gasteiger partial charge in [0.25, 0.3) is 0 Å². The fourth-order valence-electron chi connectivity index (χ4n) is 1.18. The molecule has 0 aliphatic heterocycles. The van der Waals surface area contributed by atoms with Crippen LogP contribution in [0.25, 0.3) is 0 Å². The summed E-state index contributed by atoms with van der Waals surface area (Å²) in [5, 5.41) is 17.2. The Morgan fingerprint density at radius 1 is 1.50 bits per heavy atom. The van der Waals surface area contributed by atoms with Gasteiger partial charge in [0, 0.05) is 12.7 Å². The number of anilines is 1. The van der Waals surface area contributed by atoms with Crippen LogP contribution in [0.2, 0.25) is 0 Å². The van der Waals surface area contributed by atoms with E-state index < -0.39 is 18.3 Å². The molecule has 0 fully saturated rings. The number of benzene rings is 1. The van der Waals surface area contributed by atoms with E-state index >= 15 is 0 Å². The van der Waals surface area contributed by atoms with Crippen molar-refractivity contribution >= 4 is 17.6 Å². The summed E-state index contributed by atoms with van der Waals surface area (Å²) < 4.78 is 0. The van der Waals surface area contributed by atoms with Crippen molar-refractivity contribution in [2.24, 2.45) is 0 Å². The first-order valence-electron chi connectivity index (χ1n) is 4.53. The Morgan fingerprint density at radius 2 is 2.19 bits per heavy atom. The highest BCUT2D eigenvalue weighted by atomic mass is 16.4. The summed E-state index contributed by atoms with van der Waals surface area (Å²) in [4.78, 5) is 23.0. The van der Waals surface area contributed by atoms with E-state index in [1.807, 2.05) is 6.07 Å². The number of carboxylic acid groups (broad SMARTS) is 1. The van der Waals surface area contributed by atoms with E-state index in [1.54, 1.807) is 18.2 Å². The van der Waals surface area contributed by atoms with Crippen molar-refractivity contribution in [3.63, 3.8) is 0 Å². The minimum atomic E-state index is -1.17. The summed E-state index contributed by atoms with van der Waals surface area (Å²) in [7, 11) is 1.47. The Bertz CT molecular complexity index is 463. The molecule has 1 aromatic rings. The van der Waals surface area contributed by atoms with Gasteiger partial charge in [-0.3, -0.25) is 9.59 Å². The Balaban J connectivity index is 2.88. The van der Waals surface area contributed by atoms with Gasteiger partial charge in [-0.1, -0.05) is 6.07 Å². The summed E-state index contributed by atoms with van der Waals surface area (Å²) in [6.45, 7) is 0. The van der Waals surface area contributed by atoms with E-state index in [9.17, 15) is 9.59 Å². The molecular formula is C11H10N2O3. The molecule has 1 amide bonds. The lowest BCUT2D eigenvalue weighted by atomic mass is 10.2. The van der Waals surface area contributed by atoms with Gasteiger partial charge in [-0.25, -0.2) is 0 Å². The summed E-state index contributed by atoms with van der Waals surface area (Å²) in [5.74, 6) is -1.70. The lowest BCUT2D eigenvalue weighted by Gasteiger charge is -2.16. The molecule has 0 aliphatic rings. The van der Waals surface area contributed by atoms with Crippen LogP contribution < -0.4 is 4.90 Å². The number of amides is 1. The highest BCUT2D eigenvalue weighted by molar-refractivity contribution is 6.02. The topological polar surface area (TPSA) is 81.4 Å². The van der Waals surface area contributed by atoms with Crippen molar-refractivity contribution in [3.05, 3.63) is 29.8 Å². The maximum atomic E-state index is 11.4. The Hall–Kier alpha value is -2.35. The second kappa shape index (κ2) is 4.94. The lowest BCUT2D eigenvalue weighted by Crippen LogP contribution is -2.28. The molecule has 0 aliphatic carbocycles. The number of carbonyl (C=O) groups is 2. The summed E-state index contributed by atoms with van der Waals surface area (Å²) in [5.41, 5.74) is 0.928. The third kappa shape index (κ3) is 2.82. The first kappa shape index (κ1) is 11.7. The molecular weight excluding hydrogens is 208 g/mol. The largest absolute Gasteiger partial charge is 0.481 e. The minimum absolute atomic E-state index is 0.424. The number of nitrogens with zero attached hydrogens (tertiary/aromatic N) is 2. The van der Waals surface area contributed by atoms with Gasteiger partial charge in [0.2, 0.25) is 5.91 Å². The van der Waals surface area contributed by atoms with Gasteiger partial charge in [-0.05, 0) is 18.2 Å². The molecule has 0 saturated carbocycles. The average Bonchev–Trinajstić information content (AvgIpc) is 2.27. The standard InChI is InChI=1S/C11H10N2O3/c1-13(10(14)6-11(15)16)9-4-2-3-8(5-9)7-12/h2-5H,6H2,1H3,(H,15,16). The molecule has 1 aromatic carbocycles. The highest BCUT2D eigenvalue weighted by Gasteiger charge is 2.14. The van der Waals surface area contributed by atoms with E-state index in [0.717, 1.165) is 0 Å². The molecule has 1 N–H and O–H groups in total. The predicted octanol–water partition coefficient (Wildman–Crippen LogP) is 0.996. The molecule has 0 bridgehead atoms. The third-order valence-electron chi connectivity index (χ3n) is 2.04. The van der Waals surface area contributed by atoms with E-state index in [-0.39, 0.29) is 0 Å². The average molecular weight is 218 g/mol. The molecule has 5 heteroatoms. The molecule has 5 nitrogen and oxygen atoms in total. The van der Waals surface area contributed by atoms with E-state index in [4.69, 9.17) is 10.4 Å². The molecule has 82 valence electrons. The number of hydrogen-bond donors (Lipinski definition) is 1. The number of aliphatic carboxylic acids is 1. The Morgan fingerprint density at radius 3 is 2.75 bits per heavy atom. The van der Waals surface area contributed by atoms with Gasteiger partial charge >= 0.3 is 5.97 Å². The van der Waals surface area contributed by atoms with Gasteiger partial charge in [0.1, 0.15) is 6.42 Å². The van der Waals surface area contributed by atoms with Crippen LogP contribution in [0, 0.1) is 11.3 Å². The van der Waals surface area contributed by atoms with Gasteiger partial charge in [0.05, 0.1) is 11.6 Å². The normalized spacial score (nSPS) is 9.25. The van der Waals surface area contributed by atoms with Crippen molar-refractivity contribution in [2.45, 2.75) is 6.42 Å². The number of carboxylic acids is 1. The van der Waals surface area contributed by atoms with Crippen LogP contribution in [0.5, 0.6) is 0 Å². The molecule has 0 unspecified atom stereocenters. The second-order valence-corrected chi connectivity index (χ2v) is 3.19. The zero-order chi connectivity index (χ0) is 12.1. The van der Waals surface area contributed by atoms with Crippen molar-refractivity contribution in [1.29, 1.82) is 5.26 Å². The van der Waals surface area contributed by atoms with Crippen molar-refractivity contribution in [3.8, 4) is 6.07 Å². The maximum absolute atomic E-state index is 11.4. The molecule has 0 heterocycles. The molecule has 0 atom stereocenters. The predicted molar refractivity (Wildman–Crippen MR) is 56.8 cm³/mol. The van der Waals surface area contributed by atoms with Gasteiger partial charge in [-0.15, -0.1) is 0 Å². The molecule has 1 rings (SSSR count).